The Morgan fingerprint density at radius 2 is 1.89 bits per heavy atom. The van der Waals surface area contributed by atoms with Gasteiger partial charge in [-0.05, 0) is 23.8 Å². The summed E-state index contributed by atoms with van der Waals surface area (Å²) in [5.41, 5.74) is 0.426. The van der Waals surface area contributed by atoms with Crippen LogP contribution in [0.4, 0.5) is 8.78 Å². The number of hydrogen-bond acceptors (Lipinski definition) is 5. The average Bonchev–Trinajstić information content (AvgIpc) is 2.69. The molecule has 0 atom stereocenters. The van der Waals surface area contributed by atoms with Crippen LogP contribution in [0.5, 0.6) is 11.5 Å². The Morgan fingerprint density at radius 3 is 2.57 bits per heavy atom. The number of aromatic nitrogens is 2. The second-order valence-electron chi connectivity index (χ2n) is 5.87. The fourth-order valence-electron chi connectivity index (χ4n) is 2.75. The number of carbonyl (C=O) groups excluding carboxylic acids is 1. The average molecular weight is 389 g/mol. The van der Waals surface area contributed by atoms with Crippen molar-refractivity contribution < 1.29 is 23.0 Å². The molecule has 28 heavy (non-hydrogen) atoms. The van der Waals surface area contributed by atoms with Gasteiger partial charge in [0.2, 0.25) is 0 Å². The van der Waals surface area contributed by atoms with Gasteiger partial charge in [-0.1, -0.05) is 24.3 Å². The minimum atomic E-state index is -2.97. The van der Waals surface area contributed by atoms with Crippen molar-refractivity contribution in [2.75, 3.05) is 7.11 Å². The van der Waals surface area contributed by atoms with E-state index in [1.165, 1.54) is 32.4 Å². The van der Waals surface area contributed by atoms with Crippen LogP contribution in [0.2, 0.25) is 0 Å². The topological polar surface area (TPSA) is 82.5 Å². The highest BCUT2D eigenvalue weighted by Gasteiger charge is 2.16. The zero-order valence-corrected chi connectivity index (χ0v) is 15.1. The van der Waals surface area contributed by atoms with Crippen LogP contribution in [0.1, 0.15) is 16.1 Å². The molecule has 0 radical (unpaired) electrons. The number of nitrogens with one attached hydrogen (secondary N) is 1. The number of ether oxygens (including phenoxy) is 2. The molecule has 0 aliphatic carbocycles. The van der Waals surface area contributed by atoms with Crippen molar-refractivity contribution in [1.29, 1.82) is 0 Å². The number of carbonyl (C=O) groups is 1. The molecule has 3 aromatic rings. The third-order valence-corrected chi connectivity index (χ3v) is 4.07. The van der Waals surface area contributed by atoms with E-state index in [1.54, 1.807) is 24.3 Å². The third-order valence-electron chi connectivity index (χ3n) is 4.07. The summed E-state index contributed by atoms with van der Waals surface area (Å²) in [7, 11) is 2.80. The standard InChI is InChI=1S/C19H17F2N3O4/c1-24-18(26)13-6-4-3-5-12(13)16(23-24)17(25)22-10-11-7-8-14(28-19(20)21)15(9-11)27-2/h3-9,19H,10H2,1-2H3,(H,22,25). The van der Waals surface area contributed by atoms with Crippen LogP contribution >= 0.6 is 0 Å². The van der Waals surface area contributed by atoms with E-state index in [-0.39, 0.29) is 29.3 Å². The van der Waals surface area contributed by atoms with E-state index in [9.17, 15) is 18.4 Å². The monoisotopic (exact) mass is 389 g/mol. The van der Waals surface area contributed by atoms with Crippen LogP contribution in [0.25, 0.3) is 10.8 Å². The summed E-state index contributed by atoms with van der Waals surface area (Å²) in [6.45, 7) is -2.87. The van der Waals surface area contributed by atoms with Crippen molar-refractivity contribution in [3.63, 3.8) is 0 Å². The van der Waals surface area contributed by atoms with Gasteiger partial charge in [-0.25, -0.2) is 4.68 Å². The summed E-state index contributed by atoms with van der Waals surface area (Å²) in [5.74, 6) is -0.449. The first-order valence-electron chi connectivity index (χ1n) is 8.26. The summed E-state index contributed by atoms with van der Waals surface area (Å²) < 4.78 is 35.3. The van der Waals surface area contributed by atoms with Crippen LogP contribution in [0.3, 0.4) is 0 Å². The molecule has 0 saturated heterocycles. The second-order valence-corrected chi connectivity index (χ2v) is 5.87. The molecule has 0 fully saturated rings. The molecule has 1 amide bonds. The fourth-order valence-corrected chi connectivity index (χ4v) is 2.75. The Labute approximate surface area is 158 Å². The molecule has 146 valence electrons. The lowest BCUT2D eigenvalue weighted by Crippen LogP contribution is -2.29. The van der Waals surface area contributed by atoms with Crippen molar-refractivity contribution >= 4 is 16.7 Å². The largest absolute Gasteiger partial charge is 0.493 e. The zero-order valence-electron chi connectivity index (χ0n) is 15.1. The van der Waals surface area contributed by atoms with Crippen molar-refractivity contribution in [2.24, 2.45) is 7.05 Å². The molecular formula is C19H17F2N3O4. The van der Waals surface area contributed by atoms with E-state index in [0.29, 0.717) is 16.3 Å². The van der Waals surface area contributed by atoms with Crippen molar-refractivity contribution in [2.45, 2.75) is 13.2 Å². The Balaban J connectivity index is 1.82. The van der Waals surface area contributed by atoms with Crippen molar-refractivity contribution in [3.8, 4) is 11.5 Å². The number of methoxy groups -OCH3 is 1. The van der Waals surface area contributed by atoms with Gasteiger partial charge in [0, 0.05) is 19.0 Å². The first-order chi connectivity index (χ1) is 13.4. The van der Waals surface area contributed by atoms with Gasteiger partial charge in [-0.15, -0.1) is 0 Å². The van der Waals surface area contributed by atoms with Gasteiger partial charge in [0.1, 0.15) is 0 Å². The molecule has 0 aliphatic rings. The molecule has 7 nitrogen and oxygen atoms in total. The minimum Gasteiger partial charge on any atom is -0.493 e. The minimum absolute atomic E-state index is 0.0988. The van der Waals surface area contributed by atoms with Gasteiger partial charge in [0.15, 0.2) is 17.2 Å². The van der Waals surface area contributed by atoms with Crippen LogP contribution < -0.4 is 20.3 Å². The van der Waals surface area contributed by atoms with E-state index in [4.69, 9.17) is 4.74 Å². The molecule has 1 heterocycles. The number of fused-ring (bicyclic) bond motifs is 1. The number of rotatable bonds is 6. The van der Waals surface area contributed by atoms with Gasteiger partial charge in [0.05, 0.1) is 12.5 Å². The van der Waals surface area contributed by atoms with E-state index >= 15 is 0 Å². The molecule has 1 N–H and O–H groups in total. The summed E-state index contributed by atoms with van der Waals surface area (Å²) >= 11 is 0. The molecule has 0 saturated carbocycles. The van der Waals surface area contributed by atoms with E-state index < -0.39 is 12.5 Å². The van der Waals surface area contributed by atoms with Gasteiger partial charge in [0.25, 0.3) is 11.5 Å². The first kappa shape index (κ1) is 19.3. The highest BCUT2D eigenvalue weighted by Crippen LogP contribution is 2.29. The van der Waals surface area contributed by atoms with Gasteiger partial charge >= 0.3 is 6.61 Å². The number of amides is 1. The SMILES string of the molecule is COc1cc(CNC(=O)c2nn(C)c(=O)c3ccccc23)ccc1OC(F)F. The zero-order chi connectivity index (χ0) is 20.3. The van der Waals surface area contributed by atoms with Crippen molar-refractivity contribution in [3.05, 3.63) is 64.1 Å². The molecule has 2 aromatic carbocycles. The molecular weight excluding hydrogens is 372 g/mol. The molecule has 0 aliphatic heterocycles. The number of halogens is 2. The van der Waals surface area contributed by atoms with E-state index in [2.05, 4.69) is 15.2 Å². The molecule has 3 rings (SSSR count). The number of alkyl halides is 2. The fraction of sp³-hybridized carbons (Fsp3) is 0.211. The molecule has 0 unspecified atom stereocenters. The normalized spacial score (nSPS) is 10.9. The number of nitrogens with zero attached hydrogens (tertiary/aromatic N) is 2. The van der Waals surface area contributed by atoms with E-state index in [0.717, 1.165) is 4.68 Å². The predicted octanol–water partition coefficient (Wildman–Crippen LogP) is 2.47. The first-order valence-corrected chi connectivity index (χ1v) is 8.26. The lowest BCUT2D eigenvalue weighted by molar-refractivity contribution is -0.0512. The number of hydrogen-bond donors (Lipinski definition) is 1. The number of aryl methyl sites for hydroxylation is 1. The highest BCUT2D eigenvalue weighted by atomic mass is 19.3. The summed E-state index contributed by atoms with van der Waals surface area (Å²) in [6, 6.07) is 11.1. The Bertz CT molecular complexity index is 1080. The quantitative estimate of drug-likeness (QED) is 0.700. The predicted molar refractivity (Wildman–Crippen MR) is 97.8 cm³/mol. The van der Waals surface area contributed by atoms with Gasteiger partial charge in [-0.3, -0.25) is 9.59 Å². The number of benzene rings is 2. The van der Waals surface area contributed by atoms with E-state index in [1.807, 2.05) is 0 Å². The molecule has 0 bridgehead atoms. The Morgan fingerprint density at radius 1 is 1.18 bits per heavy atom. The Hall–Kier alpha value is -3.49. The lowest BCUT2D eigenvalue weighted by atomic mass is 10.1. The van der Waals surface area contributed by atoms with Crippen LogP contribution in [0, 0.1) is 0 Å². The van der Waals surface area contributed by atoms with Crippen molar-refractivity contribution in [1.82, 2.24) is 15.1 Å². The van der Waals surface area contributed by atoms with Gasteiger partial charge in [-0.2, -0.15) is 13.9 Å². The summed E-state index contributed by atoms with van der Waals surface area (Å²) in [5, 5.41) is 7.60. The summed E-state index contributed by atoms with van der Waals surface area (Å²) in [4.78, 5) is 24.8. The maximum absolute atomic E-state index is 12.6. The van der Waals surface area contributed by atoms with Crippen LogP contribution in [0.15, 0.2) is 47.3 Å². The van der Waals surface area contributed by atoms with Gasteiger partial charge < -0.3 is 14.8 Å². The maximum atomic E-state index is 12.6. The molecule has 0 spiro atoms. The lowest BCUT2D eigenvalue weighted by Gasteiger charge is -2.12. The maximum Gasteiger partial charge on any atom is 0.387 e. The summed E-state index contributed by atoms with van der Waals surface area (Å²) in [6.07, 6.45) is 0. The highest BCUT2D eigenvalue weighted by molar-refractivity contribution is 6.04. The Kier molecular flexibility index (Phi) is 5.53. The molecule has 1 aromatic heterocycles. The van der Waals surface area contributed by atoms with Crippen LogP contribution in [-0.4, -0.2) is 29.4 Å². The smallest absolute Gasteiger partial charge is 0.387 e. The third kappa shape index (κ3) is 3.93. The van der Waals surface area contributed by atoms with Crippen LogP contribution in [-0.2, 0) is 13.6 Å². The molecule has 9 heteroatoms. The second kappa shape index (κ2) is 8.03.